The molecule has 0 bridgehead atoms. The molecule has 0 aromatic heterocycles. The summed E-state index contributed by atoms with van der Waals surface area (Å²) in [6.07, 6.45) is 13.7. The van der Waals surface area contributed by atoms with Crippen LogP contribution >= 0.6 is 0 Å². The van der Waals surface area contributed by atoms with Gasteiger partial charge in [-0.25, -0.2) is 0 Å². The first-order chi connectivity index (χ1) is 11.2. The van der Waals surface area contributed by atoms with Crippen LogP contribution in [0.5, 0.6) is 0 Å². The summed E-state index contributed by atoms with van der Waals surface area (Å²) in [5.74, 6) is 0.530. The summed E-state index contributed by atoms with van der Waals surface area (Å²) in [4.78, 5) is 2.39. The number of benzene rings is 1. The standard InChI is InChI=1S/C21H24N2/c1-4-5-7-12-17(3)23-19-15-10-11-16(2)20(19)22-21(23)18-13-8-6-9-14-18/h4-10,12-16,21-22H,1,11H2,2-3H3/b7-5-,17-12+. The van der Waals surface area contributed by atoms with Gasteiger partial charge in [0.2, 0.25) is 0 Å². The second-order valence-corrected chi connectivity index (χ2v) is 6.09. The Morgan fingerprint density at radius 2 is 2.04 bits per heavy atom. The average Bonchev–Trinajstić information content (AvgIpc) is 2.97. The maximum atomic E-state index is 3.75. The summed E-state index contributed by atoms with van der Waals surface area (Å²) in [7, 11) is 0. The molecule has 2 unspecified atom stereocenters. The van der Waals surface area contributed by atoms with Crippen LogP contribution in [-0.2, 0) is 0 Å². The molecule has 0 amide bonds. The van der Waals surface area contributed by atoms with Crippen molar-refractivity contribution in [3.8, 4) is 0 Å². The fraction of sp³-hybridized carbons (Fsp3) is 0.238. The van der Waals surface area contributed by atoms with Crippen LogP contribution in [-0.4, -0.2) is 4.90 Å². The molecule has 2 heteroatoms. The Morgan fingerprint density at radius 3 is 2.78 bits per heavy atom. The summed E-state index contributed by atoms with van der Waals surface area (Å²) >= 11 is 0. The van der Waals surface area contributed by atoms with E-state index in [1.54, 1.807) is 6.08 Å². The summed E-state index contributed by atoms with van der Waals surface area (Å²) in [5.41, 5.74) is 5.14. The lowest BCUT2D eigenvalue weighted by molar-refractivity contribution is 0.332. The van der Waals surface area contributed by atoms with E-state index in [0.717, 1.165) is 6.42 Å². The molecule has 0 saturated heterocycles. The lowest BCUT2D eigenvalue weighted by Crippen LogP contribution is -2.28. The molecule has 3 rings (SSSR count). The highest BCUT2D eigenvalue weighted by Gasteiger charge is 2.34. The summed E-state index contributed by atoms with van der Waals surface area (Å²) in [6, 6.07) is 10.6. The van der Waals surface area contributed by atoms with Crippen LogP contribution in [0.25, 0.3) is 0 Å². The molecule has 1 N–H and O–H groups in total. The largest absolute Gasteiger partial charge is 0.363 e. The molecule has 2 nitrogen and oxygen atoms in total. The number of hydrogen-bond acceptors (Lipinski definition) is 2. The smallest absolute Gasteiger partial charge is 0.130 e. The Morgan fingerprint density at radius 1 is 1.26 bits per heavy atom. The van der Waals surface area contributed by atoms with Gasteiger partial charge in [-0.05, 0) is 31.1 Å². The SMILES string of the molecule is C=C/C=C\C=C(/C)N1C2=C(NC1c1ccccc1)C(C)CC=C2. The fourth-order valence-corrected chi connectivity index (χ4v) is 3.24. The van der Waals surface area contributed by atoms with Gasteiger partial charge in [0, 0.05) is 17.3 Å². The quantitative estimate of drug-likeness (QED) is 0.784. The van der Waals surface area contributed by atoms with E-state index in [9.17, 15) is 0 Å². The highest BCUT2D eigenvalue weighted by atomic mass is 15.3. The highest BCUT2D eigenvalue weighted by molar-refractivity contribution is 5.40. The molecule has 2 atom stereocenters. The minimum Gasteiger partial charge on any atom is -0.363 e. The molecule has 0 saturated carbocycles. The molecule has 1 aromatic rings. The lowest BCUT2D eigenvalue weighted by atomic mass is 9.97. The van der Waals surface area contributed by atoms with Gasteiger partial charge in [0.15, 0.2) is 0 Å². The molecule has 1 aromatic carbocycles. The molecule has 2 aliphatic rings. The van der Waals surface area contributed by atoms with Crippen molar-refractivity contribution in [3.63, 3.8) is 0 Å². The first kappa shape index (κ1) is 15.4. The zero-order valence-electron chi connectivity index (χ0n) is 13.9. The van der Waals surface area contributed by atoms with Gasteiger partial charge < -0.3 is 10.2 Å². The Bertz CT molecular complexity index is 692. The van der Waals surface area contributed by atoms with Crippen molar-refractivity contribution in [2.75, 3.05) is 0 Å². The molecule has 0 radical (unpaired) electrons. The number of hydrogen-bond donors (Lipinski definition) is 1. The van der Waals surface area contributed by atoms with Crippen molar-refractivity contribution in [2.24, 2.45) is 5.92 Å². The van der Waals surface area contributed by atoms with Gasteiger partial charge in [0.25, 0.3) is 0 Å². The van der Waals surface area contributed by atoms with Gasteiger partial charge in [-0.15, -0.1) is 0 Å². The van der Waals surface area contributed by atoms with Gasteiger partial charge >= 0.3 is 0 Å². The van der Waals surface area contributed by atoms with Crippen LogP contribution in [0, 0.1) is 5.92 Å². The van der Waals surface area contributed by atoms with E-state index in [0.29, 0.717) is 5.92 Å². The van der Waals surface area contributed by atoms with Crippen molar-refractivity contribution in [1.29, 1.82) is 0 Å². The number of rotatable bonds is 4. The first-order valence-electron chi connectivity index (χ1n) is 8.19. The molecule has 118 valence electrons. The van der Waals surface area contributed by atoms with E-state index in [-0.39, 0.29) is 6.17 Å². The molecule has 0 spiro atoms. The minimum atomic E-state index is 0.153. The third kappa shape index (κ3) is 3.02. The Kier molecular flexibility index (Phi) is 4.52. The van der Waals surface area contributed by atoms with E-state index in [2.05, 4.69) is 79.2 Å². The van der Waals surface area contributed by atoms with E-state index in [1.165, 1.54) is 22.7 Å². The van der Waals surface area contributed by atoms with Crippen LogP contribution < -0.4 is 5.32 Å². The van der Waals surface area contributed by atoms with Crippen LogP contribution in [0.2, 0.25) is 0 Å². The van der Waals surface area contributed by atoms with Crippen LogP contribution in [0.3, 0.4) is 0 Å². The topological polar surface area (TPSA) is 15.3 Å². The third-order valence-corrected chi connectivity index (χ3v) is 4.42. The molecule has 0 fully saturated rings. The Hall–Kier alpha value is -2.48. The molecular formula is C21H24N2. The minimum absolute atomic E-state index is 0.153. The van der Waals surface area contributed by atoms with E-state index < -0.39 is 0 Å². The van der Waals surface area contributed by atoms with Gasteiger partial charge in [-0.2, -0.15) is 0 Å². The fourth-order valence-electron chi connectivity index (χ4n) is 3.24. The van der Waals surface area contributed by atoms with Gasteiger partial charge in [0.1, 0.15) is 6.17 Å². The predicted octanol–water partition coefficient (Wildman–Crippen LogP) is 5.04. The Labute approximate surface area is 139 Å². The maximum absolute atomic E-state index is 3.75. The normalized spacial score (nSPS) is 24.1. The summed E-state index contributed by atoms with van der Waals surface area (Å²) in [6.45, 7) is 8.18. The van der Waals surface area contributed by atoms with E-state index in [4.69, 9.17) is 0 Å². The Balaban J connectivity index is 2.01. The maximum Gasteiger partial charge on any atom is 0.130 e. The third-order valence-electron chi connectivity index (χ3n) is 4.42. The lowest BCUT2D eigenvalue weighted by Gasteiger charge is -2.29. The molecule has 1 heterocycles. The molecule has 1 aliphatic carbocycles. The summed E-state index contributed by atoms with van der Waals surface area (Å²) in [5, 5.41) is 3.75. The van der Waals surface area contributed by atoms with Crippen molar-refractivity contribution in [1.82, 2.24) is 10.2 Å². The summed E-state index contributed by atoms with van der Waals surface area (Å²) < 4.78 is 0. The first-order valence-corrected chi connectivity index (χ1v) is 8.19. The predicted molar refractivity (Wildman–Crippen MR) is 97.2 cm³/mol. The van der Waals surface area contributed by atoms with Gasteiger partial charge in [-0.3, -0.25) is 0 Å². The van der Waals surface area contributed by atoms with Crippen molar-refractivity contribution < 1.29 is 0 Å². The average molecular weight is 304 g/mol. The molecule has 1 aliphatic heterocycles. The molecular weight excluding hydrogens is 280 g/mol. The van der Waals surface area contributed by atoms with Crippen LogP contribution in [0.4, 0.5) is 0 Å². The second-order valence-electron chi connectivity index (χ2n) is 6.09. The van der Waals surface area contributed by atoms with Crippen molar-refractivity contribution in [2.45, 2.75) is 26.4 Å². The van der Waals surface area contributed by atoms with Crippen molar-refractivity contribution in [3.05, 3.63) is 96.0 Å². The van der Waals surface area contributed by atoms with Crippen LogP contribution in [0.15, 0.2) is 90.5 Å². The highest BCUT2D eigenvalue weighted by Crippen LogP contribution is 2.40. The second kappa shape index (κ2) is 6.74. The van der Waals surface area contributed by atoms with Crippen LogP contribution in [0.1, 0.15) is 32.0 Å². The monoisotopic (exact) mass is 304 g/mol. The molecule has 23 heavy (non-hydrogen) atoms. The number of nitrogens with one attached hydrogen (secondary N) is 1. The zero-order valence-corrected chi connectivity index (χ0v) is 13.9. The van der Waals surface area contributed by atoms with Gasteiger partial charge in [-0.1, -0.05) is 68.1 Å². The van der Waals surface area contributed by atoms with E-state index >= 15 is 0 Å². The number of nitrogens with zero attached hydrogens (tertiary/aromatic N) is 1. The van der Waals surface area contributed by atoms with Gasteiger partial charge in [0.05, 0.1) is 5.70 Å². The zero-order chi connectivity index (χ0) is 16.2. The van der Waals surface area contributed by atoms with Crippen molar-refractivity contribution >= 4 is 0 Å². The van der Waals surface area contributed by atoms with E-state index in [1.807, 2.05) is 12.2 Å². The number of allylic oxidation sites excluding steroid dienone is 8.